The van der Waals surface area contributed by atoms with E-state index >= 15 is 0 Å². The predicted molar refractivity (Wildman–Crippen MR) is 54.0 cm³/mol. The summed E-state index contributed by atoms with van der Waals surface area (Å²) in [6.07, 6.45) is 0. The first-order chi connectivity index (χ1) is 5.75. The van der Waals surface area contributed by atoms with Gasteiger partial charge in [0, 0.05) is 0 Å². The number of halogens is 2. The molecule has 0 bridgehead atoms. The summed E-state index contributed by atoms with van der Waals surface area (Å²) >= 11 is 11.7. The van der Waals surface area contributed by atoms with E-state index in [0.29, 0.717) is 16.7 Å². The van der Waals surface area contributed by atoms with Gasteiger partial charge in [0.25, 0.3) is 0 Å². The Balaban J connectivity index is 2.78. The molecule has 1 rings (SSSR count). The van der Waals surface area contributed by atoms with Gasteiger partial charge in [-0.3, -0.25) is 0 Å². The Morgan fingerprint density at radius 1 is 1.33 bits per heavy atom. The predicted octanol–water partition coefficient (Wildman–Crippen LogP) is 2.58. The van der Waals surface area contributed by atoms with Gasteiger partial charge in [0.1, 0.15) is 0 Å². The minimum atomic E-state index is 0.564. The number of rotatable bonds is 3. The number of nitrogens with one attached hydrogen (secondary N) is 2. The Morgan fingerprint density at radius 3 is 2.75 bits per heavy atom. The van der Waals surface area contributed by atoms with Gasteiger partial charge >= 0.3 is 0 Å². The van der Waals surface area contributed by atoms with Crippen molar-refractivity contribution in [3.05, 3.63) is 28.2 Å². The number of anilines is 1. The Labute approximate surface area is 81.9 Å². The van der Waals surface area contributed by atoms with Crippen molar-refractivity contribution in [2.45, 2.75) is 0 Å². The van der Waals surface area contributed by atoms with Gasteiger partial charge in [-0.05, 0) is 19.2 Å². The van der Waals surface area contributed by atoms with E-state index < -0.39 is 0 Å². The molecular formula is C8H10Cl2N2. The monoisotopic (exact) mass is 204 g/mol. The van der Waals surface area contributed by atoms with Crippen LogP contribution in [0.1, 0.15) is 0 Å². The fourth-order valence-corrected chi connectivity index (χ4v) is 1.19. The van der Waals surface area contributed by atoms with E-state index in [1.807, 2.05) is 19.2 Å². The van der Waals surface area contributed by atoms with Crippen molar-refractivity contribution in [3.63, 3.8) is 0 Å². The number of benzene rings is 1. The van der Waals surface area contributed by atoms with E-state index in [1.54, 1.807) is 6.07 Å². The third kappa shape index (κ3) is 2.27. The second kappa shape index (κ2) is 4.55. The van der Waals surface area contributed by atoms with Crippen LogP contribution < -0.4 is 10.6 Å². The van der Waals surface area contributed by atoms with Gasteiger partial charge in [0.05, 0.1) is 22.4 Å². The molecule has 1 aromatic carbocycles. The first-order valence-corrected chi connectivity index (χ1v) is 4.34. The molecule has 0 fully saturated rings. The highest BCUT2D eigenvalue weighted by Crippen LogP contribution is 2.28. The van der Waals surface area contributed by atoms with Crippen LogP contribution in [0.25, 0.3) is 0 Å². The molecule has 0 saturated heterocycles. The number of hydrogen-bond donors (Lipinski definition) is 2. The molecule has 0 spiro atoms. The van der Waals surface area contributed by atoms with Crippen LogP contribution in [0.2, 0.25) is 10.0 Å². The molecule has 4 heteroatoms. The normalized spacial score (nSPS) is 9.92. The average Bonchev–Trinajstić information content (AvgIpc) is 2.08. The first kappa shape index (κ1) is 9.65. The maximum Gasteiger partial charge on any atom is 0.0823 e. The molecule has 0 amide bonds. The van der Waals surface area contributed by atoms with Gasteiger partial charge in [0.15, 0.2) is 0 Å². The van der Waals surface area contributed by atoms with Crippen LogP contribution in [0.4, 0.5) is 5.69 Å². The highest BCUT2D eigenvalue weighted by Gasteiger charge is 2.01. The fourth-order valence-electron chi connectivity index (χ4n) is 0.824. The van der Waals surface area contributed by atoms with Gasteiger partial charge in [-0.15, -0.1) is 0 Å². The largest absolute Gasteiger partial charge is 0.371 e. The highest BCUT2D eigenvalue weighted by molar-refractivity contribution is 6.43. The lowest BCUT2D eigenvalue weighted by atomic mass is 10.3. The van der Waals surface area contributed by atoms with Crippen molar-refractivity contribution in [2.24, 2.45) is 0 Å². The van der Waals surface area contributed by atoms with Crippen LogP contribution in [-0.2, 0) is 0 Å². The van der Waals surface area contributed by atoms with Crippen LogP contribution in [0.5, 0.6) is 0 Å². The van der Waals surface area contributed by atoms with Crippen LogP contribution in [0, 0.1) is 0 Å². The third-order valence-corrected chi connectivity index (χ3v) is 2.23. The van der Waals surface area contributed by atoms with Crippen LogP contribution >= 0.6 is 23.2 Å². The highest BCUT2D eigenvalue weighted by atomic mass is 35.5. The molecule has 2 nitrogen and oxygen atoms in total. The topological polar surface area (TPSA) is 24.1 Å². The van der Waals surface area contributed by atoms with Crippen LogP contribution in [-0.4, -0.2) is 13.7 Å². The molecule has 0 saturated carbocycles. The molecule has 0 heterocycles. The summed E-state index contributed by atoms with van der Waals surface area (Å²) in [5, 5.41) is 7.16. The smallest absolute Gasteiger partial charge is 0.0823 e. The summed E-state index contributed by atoms with van der Waals surface area (Å²) in [6.45, 7) is 0.667. The zero-order valence-electron chi connectivity index (χ0n) is 6.70. The molecule has 0 unspecified atom stereocenters. The van der Waals surface area contributed by atoms with Gasteiger partial charge in [-0.2, -0.15) is 0 Å². The minimum absolute atomic E-state index is 0.564. The molecule has 12 heavy (non-hydrogen) atoms. The Hall–Kier alpha value is -0.440. The molecule has 0 aliphatic heterocycles. The third-order valence-electron chi connectivity index (χ3n) is 1.41. The van der Waals surface area contributed by atoms with Crippen LogP contribution in [0.15, 0.2) is 18.2 Å². The second-order valence-corrected chi connectivity index (χ2v) is 3.09. The SMILES string of the molecule is CNCNc1cccc(Cl)c1Cl. The maximum absolute atomic E-state index is 5.91. The molecular weight excluding hydrogens is 195 g/mol. The van der Waals surface area contributed by atoms with Crippen molar-refractivity contribution < 1.29 is 0 Å². The molecule has 1 aromatic rings. The van der Waals surface area contributed by atoms with E-state index in [9.17, 15) is 0 Å². The fraction of sp³-hybridized carbons (Fsp3) is 0.250. The zero-order chi connectivity index (χ0) is 8.97. The lowest BCUT2D eigenvalue weighted by molar-refractivity contribution is 0.874. The summed E-state index contributed by atoms with van der Waals surface area (Å²) in [7, 11) is 1.85. The summed E-state index contributed by atoms with van der Waals surface area (Å²) in [5.41, 5.74) is 0.846. The van der Waals surface area contributed by atoms with Crippen molar-refractivity contribution in [2.75, 3.05) is 19.0 Å². The van der Waals surface area contributed by atoms with Crippen molar-refractivity contribution in [3.8, 4) is 0 Å². The standard InChI is InChI=1S/C8H10Cl2N2/c1-11-5-12-7-4-2-3-6(9)8(7)10/h2-4,11-12H,5H2,1H3. The lowest BCUT2D eigenvalue weighted by Crippen LogP contribution is -2.16. The molecule has 2 N–H and O–H groups in total. The average molecular weight is 205 g/mol. The summed E-state index contributed by atoms with van der Waals surface area (Å²) < 4.78 is 0. The maximum atomic E-state index is 5.91. The molecule has 66 valence electrons. The quantitative estimate of drug-likeness (QED) is 0.741. The molecule has 0 radical (unpaired) electrons. The molecule has 0 aromatic heterocycles. The second-order valence-electron chi connectivity index (χ2n) is 2.31. The number of hydrogen-bond acceptors (Lipinski definition) is 2. The van der Waals surface area contributed by atoms with E-state index in [4.69, 9.17) is 23.2 Å². The zero-order valence-corrected chi connectivity index (χ0v) is 8.21. The lowest BCUT2D eigenvalue weighted by Gasteiger charge is -2.07. The molecule has 0 aliphatic rings. The Morgan fingerprint density at radius 2 is 2.08 bits per heavy atom. The van der Waals surface area contributed by atoms with Gasteiger partial charge < -0.3 is 10.6 Å². The van der Waals surface area contributed by atoms with E-state index in [-0.39, 0.29) is 0 Å². The summed E-state index contributed by atoms with van der Waals surface area (Å²) in [6, 6.07) is 5.49. The van der Waals surface area contributed by atoms with Crippen molar-refractivity contribution >= 4 is 28.9 Å². The first-order valence-electron chi connectivity index (χ1n) is 3.58. The van der Waals surface area contributed by atoms with Gasteiger partial charge in [0.2, 0.25) is 0 Å². The summed E-state index contributed by atoms with van der Waals surface area (Å²) in [5.74, 6) is 0. The van der Waals surface area contributed by atoms with E-state index in [1.165, 1.54) is 0 Å². The Bertz CT molecular complexity index is 263. The van der Waals surface area contributed by atoms with Crippen molar-refractivity contribution in [1.29, 1.82) is 0 Å². The molecule has 0 aliphatic carbocycles. The van der Waals surface area contributed by atoms with E-state index in [2.05, 4.69) is 10.6 Å². The Kier molecular flexibility index (Phi) is 3.66. The van der Waals surface area contributed by atoms with Gasteiger partial charge in [-0.25, -0.2) is 0 Å². The van der Waals surface area contributed by atoms with Crippen molar-refractivity contribution in [1.82, 2.24) is 5.32 Å². The van der Waals surface area contributed by atoms with Gasteiger partial charge in [-0.1, -0.05) is 29.3 Å². The van der Waals surface area contributed by atoms with E-state index in [0.717, 1.165) is 5.69 Å². The molecule has 0 atom stereocenters. The minimum Gasteiger partial charge on any atom is -0.371 e. The summed E-state index contributed by atoms with van der Waals surface area (Å²) in [4.78, 5) is 0. The van der Waals surface area contributed by atoms with Crippen LogP contribution in [0.3, 0.4) is 0 Å².